The zero-order chi connectivity index (χ0) is 17.7. The zero-order valence-corrected chi connectivity index (χ0v) is 15.9. The third kappa shape index (κ3) is 4.87. The number of piperidine rings is 1. The van der Waals surface area contributed by atoms with E-state index >= 15 is 0 Å². The summed E-state index contributed by atoms with van der Waals surface area (Å²) in [5.41, 5.74) is 1.93. The van der Waals surface area contributed by atoms with Gasteiger partial charge in [0.1, 0.15) is 5.75 Å². The van der Waals surface area contributed by atoms with Crippen LogP contribution in [0.25, 0.3) is 0 Å². The van der Waals surface area contributed by atoms with E-state index in [4.69, 9.17) is 16.3 Å². The lowest BCUT2D eigenvalue weighted by molar-refractivity contribution is -0.129. The van der Waals surface area contributed by atoms with Gasteiger partial charge in [-0.15, -0.1) is 0 Å². The van der Waals surface area contributed by atoms with Crippen LogP contribution in [-0.2, 0) is 4.79 Å². The van der Waals surface area contributed by atoms with Crippen molar-refractivity contribution in [3.8, 4) is 5.75 Å². The molecule has 1 atom stereocenters. The predicted molar refractivity (Wildman–Crippen MR) is 98.9 cm³/mol. The minimum absolute atomic E-state index is 0.0160. The Morgan fingerprint density at radius 3 is 2.38 bits per heavy atom. The van der Waals surface area contributed by atoms with Gasteiger partial charge in [-0.25, -0.2) is 0 Å². The van der Waals surface area contributed by atoms with Gasteiger partial charge in [0, 0.05) is 24.2 Å². The molecule has 0 radical (unpaired) electrons. The molecule has 1 N–H and O–H groups in total. The highest BCUT2D eigenvalue weighted by molar-refractivity contribution is 6.32. The number of hydrogen-bond donors (Lipinski definition) is 1. The van der Waals surface area contributed by atoms with Gasteiger partial charge in [0.05, 0.1) is 0 Å². The molecule has 134 valence electrons. The SMILES string of the molecule is CC[C@@H](Oc1cc(C)c(Cl)c(C)c1)C(=O)NC1CCN(CC)CC1. The molecule has 24 heavy (non-hydrogen) atoms. The summed E-state index contributed by atoms with van der Waals surface area (Å²) in [6, 6.07) is 4.04. The van der Waals surface area contributed by atoms with Crippen LogP contribution in [-0.4, -0.2) is 42.6 Å². The normalized spacial score (nSPS) is 17.5. The van der Waals surface area contributed by atoms with Gasteiger partial charge in [-0.1, -0.05) is 25.4 Å². The molecule has 0 spiro atoms. The van der Waals surface area contributed by atoms with Crippen molar-refractivity contribution < 1.29 is 9.53 Å². The Kier molecular flexibility index (Phi) is 6.93. The van der Waals surface area contributed by atoms with Crippen molar-refractivity contribution in [3.05, 3.63) is 28.3 Å². The van der Waals surface area contributed by atoms with Crippen molar-refractivity contribution in [1.29, 1.82) is 0 Å². The van der Waals surface area contributed by atoms with E-state index in [0.717, 1.165) is 48.6 Å². The van der Waals surface area contributed by atoms with Crippen LogP contribution in [0, 0.1) is 13.8 Å². The molecule has 5 heteroatoms. The molecule has 4 nitrogen and oxygen atoms in total. The Hall–Kier alpha value is -1.26. The monoisotopic (exact) mass is 352 g/mol. The number of nitrogens with one attached hydrogen (secondary N) is 1. The number of halogens is 1. The Bertz CT molecular complexity index is 545. The van der Waals surface area contributed by atoms with Gasteiger partial charge in [-0.2, -0.15) is 0 Å². The summed E-state index contributed by atoms with van der Waals surface area (Å²) in [6.45, 7) is 11.2. The van der Waals surface area contributed by atoms with E-state index in [1.165, 1.54) is 0 Å². The summed E-state index contributed by atoms with van der Waals surface area (Å²) in [5, 5.41) is 3.91. The lowest BCUT2D eigenvalue weighted by atomic mass is 10.0. The molecular formula is C19H29ClN2O2. The number of nitrogens with zero attached hydrogens (tertiary/aromatic N) is 1. The molecule has 1 fully saturated rings. The quantitative estimate of drug-likeness (QED) is 0.848. The van der Waals surface area contributed by atoms with Gasteiger partial charge < -0.3 is 15.0 Å². The molecule has 0 aliphatic carbocycles. The Balaban J connectivity index is 1.94. The van der Waals surface area contributed by atoms with Crippen LogP contribution in [0.5, 0.6) is 5.75 Å². The minimum Gasteiger partial charge on any atom is -0.481 e. The van der Waals surface area contributed by atoms with E-state index in [1.54, 1.807) is 0 Å². The van der Waals surface area contributed by atoms with Crippen LogP contribution in [0.3, 0.4) is 0 Å². The summed E-state index contributed by atoms with van der Waals surface area (Å²) in [7, 11) is 0. The van der Waals surface area contributed by atoms with Gasteiger partial charge in [0.15, 0.2) is 6.10 Å². The number of aryl methyl sites for hydroxylation is 2. The zero-order valence-electron chi connectivity index (χ0n) is 15.2. The molecule has 1 amide bonds. The molecule has 1 aromatic carbocycles. The fourth-order valence-electron chi connectivity index (χ4n) is 3.15. The van der Waals surface area contributed by atoms with Crippen molar-refractivity contribution in [2.24, 2.45) is 0 Å². The highest BCUT2D eigenvalue weighted by atomic mass is 35.5. The average molecular weight is 353 g/mol. The van der Waals surface area contributed by atoms with Crippen molar-refractivity contribution >= 4 is 17.5 Å². The molecule has 1 aromatic rings. The van der Waals surface area contributed by atoms with E-state index < -0.39 is 6.10 Å². The Labute approximate surface area is 150 Å². The highest BCUT2D eigenvalue weighted by Crippen LogP contribution is 2.26. The smallest absolute Gasteiger partial charge is 0.261 e. The van der Waals surface area contributed by atoms with Crippen LogP contribution in [0.4, 0.5) is 0 Å². The fourth-order valence-corrected chi connectivity index (χ4v) is 3.26. The van der Waals surface area contributed by atoms with E-state index in [-0.39, 0.29) is 11.9 Å². The molecule has 1 saturated heterocycles. The minimum atomic E-state index is -0.464. The summed E-state index contributed by atoms with van der Waals surface area (Å²) in [5.74, 6) is 0.690. The van der Waals surface area contributed by atoms with Crippen molar-refractivity contribution in [1.82, 2.24) is 10.2 Å². The Morgan fingerprint density at radius 2 is 1.88 bits per heavy atom. The lowest BCUT2D eigenvalue weighted by Crippen LogP contribution is -2.48. The van der Waals surface area contributed by atoms with E-state index in [2.05, 4.69) is 17.1 Å². The summed E-state index contributed by atoms with van der Waals surface area (Å²) in [6.07, 6.45) is 2.19. The van der Waals surface area contributed by atoms with Gasteiger partial charge in [-0.05, 0) is 62.9 Å². The van der Waals surface area contributed by atoms with E-state index in [0.29, 0.717) is 12.2 Å². The first-order chi connectivity index (χ1) is 11.4. The van der Waals surface area contributed by atoms with E-state index in [9.17, 15) is 4.79 Å². The lowest BCUT2D eigenvalue weighted by Gasteiger charge is -2.32. The number of carbonyl (C=O) groups excluding carboxylic acids is 1. The third-order valence-corrected chi connectivity index (χ3v) is 5.33. The largest absolute Gasteiger partial charge is 0.481 e. The maximum atomic E-state index is 12.6. The molecule has 0 aromatic heterocycles. The number of ether oxygens (including phenoxy) is 1. The summed E-state index contributed by atoms with van der Waals surface area (Å²) < 4.78 is 5.94. The molecule has 0 bridgehead atoms. The number of benzene rings is 1. The van der Waals surface area contributed by atoms with Crippen molar-refractivity contribution in [3.63, 3.8) is 0 Å². The molecule has 0 saturated carbocycles. The van der Waals surface area contributed by atoms with Gasteiger partial charge in [0.25, 0.3) is 5.91 Å². The van der Waals surface area contributed by atoms with Crippen LogP contribution in [0.2, 0.25) is 5.02 Å². The third-order valence-electron chi connectivity index (χ3n) is 4.73. The van der Waals surface area contributed by atoms with Crippen molar-refractivity contribution in [2.75, 3.05) is 19.6 Å². The first-order valence-electron chi connectivity index (χ1n) is 8.90. The Morgan fingerprint density at radius 1 is 1.29 bits per heavy atom. The number of hydrogen-bond acceptors (Lipinski definition) is 3. The maximum absolute atomic E-state index is 12.6. The standard InChI is InChI=1S/C19H29ClN2O2/c1-5-17(24-16-11-13(3)18(20)14(4)12-16)19(23)21-15-7-9-22(6-2)10-8-15/h11-12,15,17H,5-10H2,1-4H3,(H,21,23)/t17-/m1/s1. The summed E-state index contributed by atoms with van der Waals surface area (Å²) >= 11 is 6.20. The number of likely N-dealkylation sites (tertiary alicyclic amines) is 1. The number of rotatable bonds is 6. The maximum Gasteiger partial charge on any atom is 0.261 e. The second-order valence-corrected chi connectivity index (χ2v) is 6.98. The first-order valence-corrected chi connectivity index (χ1v) is 9.28. The molecular weight excluding hydrogens is 324 g/mol. The van der Waals surface area contributed by atoms with Gasteiger partial charge in [0.2, 0.25) is 0 Å². The molecule has 1 heterocycles. The number of amides is 1. The summed E-state index contributed by atoms with van der Waals surface area (Å²) in [4.78, 5) is 15.0. The molecule has 1 aliphatic heterocycles. The fraction of sp³-hybridized carbons (Fsp3) is 0.632. The molecule has 1 aliphatic rings. The van der Waals surface area contributed by atoms with E-state index in [1.807, 2.05) is 32.9 Å². The first kappa shape index (κ1) is 19.1. The van der Waals surface area contributed by atoms with Crippen LogP contribution in [0.1, 0.15) is 44.2 Å². The average Bonchev–Trinajstić information content (AvgIpc) is 2.58. The van der Waals surface area contributed by atoms with Crippen LogP contribution < -0.4 is 10.1 Å². The molecule has 0 unspecified atom stereocenters. The second kappa shape index (κ2) is 8.72. The van der Waals surface area contributed by atoms with Crippen LogP contribution >= 0.6 is 11.6 Å². The topological polar surface area (TPSA) is 41.6 Å². The second-order valence-electron chi connectivity index (χ2n) is 6.60. The van der Waals surface area contributed by atoms with Gasteiger partial charge >= 0.3 is 0 Å². The molecule has 2 rings (SSSR count). The van der Waals surface area contributed by atoms with Crippen LogP contribution in [0.15, 0.2) is 12.1 Å². The number of carbonyl (C=O) groups is 1. The van der Waals surface area contributed by atoms with Crippen molar-refractivity contribution in [2.45, 2.75) is 59.1 Å². The van der Waals surface area contributed by atoms with Gasteiger partial charge in [-0.3, -0.25) is 4.79 Å². The highest BCUT2D eigenvalue weighted by Gasteiger charge is 2.24. The predicted octanol–water partition coefficient (Wildman–Crippen LogP) is 3.71.